The highest BCUT2D eigenvalue weighted by Gasteiger charge is 2.15. The first-order valence-corrected chi connectivity index (χ1v) is 6.42. The van der Waals surface area contributed by atoms with Gasteiger partial charge in [0.2, 0.25) is 0 Å². The van der Waals surface area contributed by atoms with Crippen LogP contribution >= 0.6 is 0 Å². The van der Waals surface area contributed by atoms with E-state index in [-0.39, 0.29) is 6.61 Å². The topological polar surface area (TPSA) is 71.5 Å². The van der Waals surface area contributed by atoms with Crippen LogP contribution in [0.15, 0.2) is 18.3 Å². The van der Waals surface area contributed by atoms with Crippen molar-refractivity contribution in [3.05, 3.63) is 29.6 Å². The fourth-order valence-electron chi connectivity index (χ4n) is 1.29. The molecule has 0 radical (unpaired) electrons. The lowest BCUT2D eigenvalue weighted by atomic mass is 10.2. The van der Waals surface area contributed by atoms with Crippen molar-refractivity contribution in [1.29, 1.82) is 0 Å². The summed E-state index contributed by atoms with van der Waals surface area (Å²) in [7, 11) is 0. The standard InChI is InChI=1S/C15H20N2O3/c1-15(2,3)20-14(19)16-9-5-4-6-13-8-7-12(11-18)10-17-13/h7-8,10,18H,5,9,11H2,1-3H3,(H,16,19). The van der Waals surface area contributed by atoms with Crippen LogP contribution in [-0.4, -0.2) is 28.3 Å². The number of hydrogen-bond donors (Lipinski definition) is 2. The van der Waals surface area contributed by atoms with Crippen LogP contribution in [0.3, 0.4) is 0 Å². The summed E-state index contributed by atoms with van der Waals surface area (Å²) in [5.41, 5.74) is 0.898. The second kappa shape index (κ2) is 7.51. The van der Waals surface area contributed by atoms with Gasteiger partial charge in [-0.05, 0) is 38.3 Å². The van der Waals surface area contributed by atoms with Crippen molar-refractivity contribution in [3.8, 4) is 11.8 Å². The largest absolute Gasteiger partial charge is 0.444 e. The monoisotopic (exact) mass is 276 g/mol. The van der Waals surface area contributed by atoms with E-state index in [0.717, 1.165) is 5.56 Å². The van der Waals surface area contributed by atoms with E-state index in [9.17, 15) is 4.79 Å². The third-order valence-corrected chi connectivity index (χ3v) is 2.14. The van der Waals surface area contributed by atoms with Crippen molar-refractivity contribution in [2.24, 2.45) is 0 Å². The summed E-state index contributed by atoms with van der Waals surface area (Å²) in [6.07, 6.45) is 1.66. The number of carbonyl (C=O) groups is 1. The number of pyridine rings is 1. The lowest BCUT2D eigenvalue weighted by molar-refractivity contribution is 0.0529. The zero-order valence-electron chi connectivity index (χ0n) is 12.1. The van der Waals surface area contributed by atoms with Gasteiger partial charge in [-0.2, -0.15) is 0 Å². The molecule has 2 N–H and O–H groups in total. The summed E-state index contributed by atoms with van der Waals surface area (Å²) in [6.45, 7) is 5.84. The van der Waals surface area contributed by atoms with Crippen molar-refractivity contribution in [3.63, 3.8) is 0 Å². The van der Waals surface area contributed by atoms with Gasteiger partial charge in [0.05, 0.1) is 6.61 Å². The molecular weight excluding hydrogens is 256 g/mol. The molecule has 1 rings (SSSR count). The molecule has 20 heavy (non-hydrogen) atoms. The SMILES string of the molecule is CC(C)(C)OC(=O)NCCC#Cc1ccc(CO)cn1. The van der Waals surface area contributed by atoms with E-state index in [1.54, 1.807) is 18.3 Å². The second-order valence-corrected chi connectivity index (χ2v) is 5.19. The molecule has 0 saturated carbocycles. The first kappa shape index (κ1) is 16.0. The Morgan fingerprint density at radius 3 is 2.75 bits per heavy atom. The number of ether oxygens (including phenoxy) is 1. The van der Waals surface area contributed by atoms with E-state index in [2.05, 4.69) is 22.1 Å². The van der Waals surface area contributed by atoms with Gasteiger partial charge in [0.15, 0.2) is 0 Å². The lowest BCUT2D eigenvalue weighted by Gasteiger charge is -2.19. The number of hydrogen-bond acceptors (Lipinski definition) is 4. The zero-order valence-corrected chi connectivity index (χ0v) is 12.1. The Labute approximate surface area is 119 Å². The summed E-state index contributed by atoms with van der Waals surface area (Å²) in [5, 5.41) is 11.5. The van der Waals surface area contributed by atoms with Gasteiger partial charge in [0.25, 0.3) is 0 Å². The molecule has 0 fully saturated rings. The number of nitrogens with zero attached hydrogens (tertiary/aromatic N) is 1. The zero-order chi connectivity index (χ0) is 15.0. The van der Waals surface area contributed by atoms with Gasteiger partial charge in [0.1, 0.15) is 11.3 Å². The molecule has 0 bridgehead atoms. The summed E-state index contributed by atoms with van der Waals surface area (Å²) < 4.78 is 5.09. The van der Waals surface area contributed by atoms with Gasteiger partial charge < -0.3 is 15.2 Å². The summed E-state index contributed by atoms with van der Waals surface area (Å²) in [5.74, 6) is 5.80. The van der Waals surface area contributed by atoms with Gasteiger partial charge in [-0.3, -0.25) is 0 Å². The summed E-state index contributed by atoms with van der Waals surface area (Å²) in [4.78, 5) is 15.4. The maximum Gasteiger partial charge on any atom is 0.407 e. The molecule has 0 aliphatic rings. The highest BCUT2D eigenvalue weighted by Crippen LogP contribution is 2.06. The maximum atomic E-state index is 11.3. The molecule has 1 aromatic rings. The van der Waals surface area contributed by atoms with E-state index >= 15 is 0 Å². The average Bonchev–Trinajstić information content (AvgIpc) is 2.37. The lowest BCUT2D eigenvalue weighted by Crippen LogP contribution is -2.32. The van der Waals surface area contributed by atoms with E-state index in [1.165, 1.54) is 0 Å². The summed E-state index contributed by atoms with van der Waals surface area (Å²) >= 11 is 0. The Bertz CT molecular complexity index is 493. The molecule has 5 heteroatoms. The number of carbonyl (C=O) groups excluding carboxylic acids is 1. The predicted octanol–water partition coefficient (Wildman–Crippen LogP) is 1.84. The Balaban J connectivity index is 2.30. The van der Waals surface area contributed by atoms with Crippen LogP contribution in [0.5, 0.6) is 0 Å². The van der Waals surface area contributed by atoms with Crippen LogP contribution in [0, 0.1) is 11.8 Å². The number of aliphatic hydroxyl groups is 1. The van der Waals surface area contributed by atoms with Crippen molar-refractivity contribution in [1.82, 2.24) is 10.3 Å². The number of nitrogens with one attached hydrogen (secondary N) is 1. The molecule has 1 amide bonds. The first-order valence-electron chi connectivity index (χ1n) is 6.42. The number of aliphatic hydroxyl groups excluding tert-OH is 1. The molecule has 0 aliphatic heterocycles. The van der Waals surface area contributed by atoms with E-state index in [1.807, 2.05) is 20.8 Å². The van der Waals surface area contributed by atoms with Crippen LogP contribution in [0.2, 0.25) is 0 Å². The number of rotatable bonds is 3. The van der Waals surface area contributed by atoms with Gasteiger partial charge in [-0.1, -0.05) is 12.0 Å². The molecule has 1 aromatic heterocycles. The van der Waals surface area contributed by atoms with Crippen molar-refractivity contribution >= 4 is 6.09 Å². The maximum absolute atomic E-state index is 11.3. The van der Waals surface area contributed by atoms with Crippen molar-refractivity contribution in [2.45, 2.75) is 39.4 Å². The minimum atomic E-state index is -0.492. The Morgan fingerprint density at radius 1 is 1.45 bits per heavy atom. The molecule has 0 aliphatic carbocycles. The minimum Gasteiger partial charge on any atom is -0.444 e. The average molecular weight is 276 g/mol. The van der Waals surface area contributed by atoms with Crippen molar-refractivity contribution < 1.29 is 14.6 Å². The molecule has 1 heterocycles. The fraction of sp³-hybridized carbons (Fsp3) is 0.467. The third-order valence-electron chi connectivity index (χ3n) is 2.14. The van der Waals surface area contributed by atoms with Crippen LogP contribution < -0.4 is 5.32 Å². The number of amides is 1. The normalized spacial score (nSPS) is 10.4. The Kier molecular flexibility index (Phi) is 6.01. The number of alkyl carbamates (subject to hydrolysis) is 1. The Morgan fingerprint density at radius 2 is 2.20 bits per heavy atom. The van der Waals surface area contributed by atoms with Crippen LogP contribution in [0.4, 0.5) is 4.79 Å². The molecular formula is C15H20N2O3. The summed E-state index contributed by atoms with van der Waals surface area (Å²) in [6, 6.07) is 3.52. The van der Waals surface area contributed by atoms with Crippen LogP contribution in [0.1, 0.15) is 38.4 Å². The predicted molar refractivity (Wildman–Crippen MR) is 75.9 cm³/mol. The first-order chi connectivity index (χ1) is 9.40. The van der Waals surface area contributed by atoms with Gasteiger partial charge in [-0.15, -0.1) is 0 Å². The second-order valence-electron chi connectivity index (χ2n) is 5.19. The number of aromatic nitrogens is 1. The molecule has 0 atom stereocenters. The molecule has 0 saturated heterocycles. The Hall–Kier alpha value is -2.06. The quantitative estimate of drug-likeness (QED) is 0.653. The minimum absolute atomic E-state index is 0.0273. The molecule has 108 valence electrons. The highest BCUT2D eigenvalue weighted by molar-refractivity contribution is 5.67. The van der Waals surface area contributed by atoms with Gasteiger partial charge >= 0.3 is 6.09 Å². The van der Waals surface area contributed by atoms with E-state index in [0.29, 0.717) is 18.7 Å². The fourth-order valence-corrected chi connectivity index (χ4v) is 1.29. The molecule has 0 spiro atoms. The molecule has 0 unspecified atom stereocenters. The van der Waals surface area contributed by atoms with E-state index in [4.69, 9.17) is 9.84 Å². The van der Waals surface area contributed by atoms with E-state index < -0.39 is 11.7 Å². The highest BCUT2D eigenvalue weighted by atomic mass is 16.6. The van der Waals surface area contributed by atoms with Gasteiger partial charge in [-0.25, -0.2) is 9.78 Å². The third kappa shape index (κ3) is 6.76. The molecule has 0 aromatic carbocycles. The smallest absolute Gasteiger partial charge is 0.407 e. The van der Waals surface area contributed by atoms with Crippen molar-refractivity contribution in [2.75, 3.05) is 6.54 Å². The van der Waals surface area contributed by atoms with Crippen LogP contribution in [0.25, 0.3) is 0 Å². The molecule has 5 nitrogen and oxygen atoms in total. The van der Waals surface area contributed by atoms with Gasteiger partial charge in [0, 0.05) is 19.2 Å². The van der Waals surface area contributed by atoms with Crippen LogP contribution in [-0.2, 0) is 11.3 Å².